The highest BCUT2D eigenvalue weighted by Crippen LogP contribution is 2.22. The van der Waals surface area contributed by atoms with Gasteiger partial charge >= 0.3 is 0 Å². The van der Waals surface area contributed by atoms with E-state index in [1.165, 1.54) is 5.56 Å². The second-order valence-electron chi connectivity index (χ2n) is 7.30. The molecule has 0 amide bonds. The average molecular weight is 380 g/mol. The molecule has 1 aromatic carbocycles. The van der Waals surface area contributed by atoms with Gasteiger partial charge in [-0.15, -0.1) is 0 Å². The first-order chi connectivity index (χ1) is 12.4. The number of nitrogens with zero attached hydrogens (tertiary/aromatic N) is 1. The Morgan fingerprint density at radius 3 is 2.85 bits per heavy atom. The molecule has 1 unspecified atom stereocenters. The lowest BCUT2D eigenvalue weighted by Gasteiger charge is -2.24. The highest BCUT2D eigenvalue weighted by atomic mass is 32.2. The van der Waals surface area contributed by atoms with Gasteiger partial charge in [0.2, 0.25) is 0 Å². The van der Waals surface area contributed by atoms with E-state index in [0.717, 1.165) is 43.3 Å². The van der Waals surface area contributed by atoms with Crippen LogP contribution in [-0.4, -0.2) is 49.9 Å². The maximum Gasteiger partial charge on any atom is 0.191 e. The molecule has 0 aromatic heterocycles. The van der Waals surface area contributed by atoms with Crippen molar-refractivity contribution in [1.29, 1.82) is 0 Å². The first-order valence-electron chi connectivity index (χ1n) is 9.27. The van der Waals surface area contributed by atoms with Crippen LogP contribution in [0.15, 0.2) is 23.2 Å². The minimum atomic E-state index is 0.164. The standard InChI is InChI=1S/C20H33N3O2S/c1-15-8-9-16(18(11-15)25-13-17-7-6-10-24-17)12-22-19(21-4)23-14-20(2,3)26-5/h8-9,11,17H,6-7,10,12-14H2,1-5H3,(H2,21,22,23). The largest absolute Gasteiger partial charge is 0.491 e. The molecule has 0 saturated carbocycles. The van der Waals surface area contributed by atoms with Crippen molar-refractivity contribution in [2.75, 3.05) is 33.1 Å². The van der Waals surface area contributed by atoms with E-state index < -0.39 is 0 Å². The van der Waals surface area contributed by atoms with Crippen molar-refractivity contribution in [3.05, 3.63) is 29.3 Å². The second kappa shape index (κ2) is 10.1. The van der Waals surface area contributed by atoms with Gasteiger partial charge in [-0.3, -0.25) is 4.99 Å². The number of hydrogen-bond acceptors (Lipinski definition) is 4. The van der Waals surface area contributed by atoms with Gasteiger partial charge in [0.25, 0.3) is 0 Å². The molecule has 1 atom stereocenters. The molecule has 0 radical (unpaired) electrons. The molecule has 0 spiro atoms. The van der Waals surface area contributed by atoms with Crippen molar-refractivity contribution in [3.63, 3.8) is 0 Å². The fraction of sp³-hybridized carbons (Fsp3) is 0.650. The predicted octanol–water partition coefficient (Wildman–Crippen LogP) is 3.36. The number of aliphatic imine (C=N–C) groups is 1. The number of benzene rings is 1. The fourth-order valence-electron chi connectivity index (χ4n) is 2.67. The summed E-state index contributed by atoms with van der Waals surface area (Å²) >= 11 is 1.84. The Morgan fingerprint density at radius 1 is 1.38 bits per heavy atom. The van der Waals surface area contributed by atoms with Gasteiger partial charge in [0, 0.05) is 37.1 Å². The SMILES string of the molecule is CN=C(NCc1ccc(C)cc1OCC1CCCO1)NCC(C)(C)SC. The molecule has 1 aliphatic heterocycles. The molecule has 0 bridgehead atoms. The third kappa shape index (κ3) is 6.72. The highest BCUT2D eigenvalue weighted by molar-refractivity contribution is 7.99. The van der Waals surface area contributed by atoms with Crippen LogP contribution in [0.4, 0.5) is 0 Å². The Balaban J connectivity index is 1.92. The Hall–Kier alpha value is -1.40. The molecule has 2 N–H and O–H groups in total. The van der Waals surface area contributed by atoms with Crippen LogP contribution in [0.3, 0.4) is 0 Å². The summed E-state index contributed by atoms with van der Waals surface area (Å²) in [6.07, 6.45) is 4.56. The lowest BCUT2D eigenvalue weighted by molar-refractivity contribution is 0.0676. The molecule has 1 fully saturated rings. The maximum absolute atomic E-state index is 6.07. The van der Waals surface area contributed by atoms with Crippen molar-refractivity contribution in [2.24, 2.45) is 4.99 Å². The van der Waals surface area contributed by atoms with E-state index in [0.29, 0.717) is 13.2 Å². The van der Waals surface area contributed by atoms with Crippen LogP contribution in [0.5, 0.6) is 5.75 Å². The molecular weight excluding hydrogens is 346 g/mol. The van der Waals surface area contributed by atoms with Gasteiger partial charge in [-0.05, 0) is 51.5 Å². The summed E-state index contributed by atoms with van der Waals surface area (Å²) in [5, 5.41) is 6.78. The van der Waals surface area contributed by atoms with Gasteiger partial charge in [-0.1, -0.05) is 12.1 Å². The number of thioether (sulfide) groups is 1. The van der Waals surface area contributed by atoms with E-state index in [1.54, 1.807) is 7.05 Å². The third-order valence-corrected chi connectivity index (χ3v) is 5.82. The summed E-state index contributed by atoms with van der Waals surface area (Å²) in [5.74, 6) is 1.73. The van der Waals surface area contributed by atoms with Crippen LogP contribution in [-0.2, 0) is 11.3 Å². The first-order valence-corrected chi connectivity index (χ1v) is 10.5. The summed E-state index contributed by atoms with van der Waals surface area (Å²) in [4.78, 5) is 4.32. The van der Waals surface area contributed by atoms with E-state index in [-0.39, 0.29) is 10.9 Å². The Kier molecular flexibility index (Phi) is 8.10. The molecule has 5 nitrogen and oxygen atoms in total. The summed E-state index contributed by atoms with van der Waals surface area (Å²) in [5.41, 5.74) is 2.32. The van der Waals surface area contributed by atoms with Crippen molar-refractivity contribution in [1.82, 2.24) is 10.6 Å². The molecular formula is C20H33N3O2S. The van der Waals surface area contributed by atoms with Gasteiger partial charge < -0.3 is 20.1 Å². The number of guanidine groups is 1. The van der Waals surface area contributed by atoms with E-state index >= 15 is 0 Å². The quantitative estimate of drug-likeness (QED) is 0.536. The lowest BCUT2D eigenvalue weighted by Crippen LogP contribution is -2.43. The summed E-state index contributed by atoms with van der Waals surface area (Å²) in [6.45, 7) is 9.51. The van der Waals surface area contributed by atoms with E-state index in [2.05, 4.69) is 60.9 Å². The predicted molar refractivity (Wildman–Crippen MR) is 111 cm³/mol. The van der Waals surface area contributed by atoms with Crippen LogP contribution >= 0.6 is 11.8 Å². The van der Waals surface area contributed by atoms with Crippen LogP contribution in [0.25, 0.3) is 0 Å². The molecule has 0 aliphatic carbocycles. The number of aryl methyl sites for hydroxylation is 1. The van der Waals surface area contributed by atoms with Crippen molar-refractivity contribution in [3.8, 4) is 5.75 Å². The van der Waals surface area contributed by atoms with Crippen LogP contribution in [0, 0.1) is 6.92 Å². The van der Waals surface area contributed by atoms with Crippen LogP contribution in [0.1, 0.15) is 37.8 Å². The average Bonchev–Trinajstić information content (AvgIpc) is 3.15. The van der Waals surface area contributed by atoms with Gasteiger partial charge in [0.1, 0.15) is 12.4 Å². The molecule has 26 heavy (non-hydrogen) atoms. The van der Waals surface area contributed by atoms with Gasteiger partial charge in [0.05, 0.1) is 6.10 Å². The van der Waals surface area contributed by atoms with Gasteiger partial charge in [-0.25, -0.2) is 0 Å². The Bertz CT molecular complexity index is 599. The van der Waals surface area contributed by atoms with Crippen molar-refractivity contribution in [2.45, 2.75) is 51.0 Å². The topological polar surface area (TPSA) is 54.9 Å². The van der Waals surface area contributed by atoms with Gasteiger partial charge in [0.15, 0.2) is 5.96 Å². The Morgan fingerprint density at radius 2 is 2.19 bits per heavy atom. The van der Waals surface area contributed by atoms with Gasteiger partial charge in [-0.2, -0.15) is 11.8 Å². The fourth-order valence-corrected chi connectivity index (χ4v) is 2.89. The molecule has 1 aromatic rings. The van der Waals surface area contributed by atoms with Crippen LogP contribution < -0.4 is 15.4 Å². The monoisotopic (exact) mass is 379 g/mol. The summed E-state index contributed by atoms with van der Waals surface area (Å²) in [7, 11) is 1.80. The zero-order valence-corrected chi connectivity index (χ0v) is 17.5. The number of hydrogen-bond donors (Lipinski definition) is 2. The van der Waals surface area contributed by atoms with E-state index in [1.807, 2.05) is 11.8 Å². The number of rotatable bonds is 8. The van der Waals surface area contributed by atoms with Crippen molar-refractivity contribution >= 4 is 17.7 Å². The zero-order valence-electron chi connectivity index (χ0n) is 16.7. The third-order valence-electron chi connectivity index (χ3n) is 4.58. The second-order valence-corrected chi connectivity index (χ2v) is 8.81. The highest BCUT2D eigenvalue weighted by Gasteiger charge is 2.18. The summed E-state index contributed by atoms with van der Waals surface area (Å²) in [6, 6.07) is 6.33. The minimum Gasteiger partial charge on any atom is -0.491 e. The minimum absolute atomic E-state index is 0.164. The molecule has 1 heterocycles. The summed E-state index contributed by atoms with van der Waals surface area (Å²) < 4.78 is 11.9. The number of ether oxygens (including phenoxy) is 2. The molecule has 2 rings (SSSR count). The smallest absolute Gasteiger partial charge is 0.191 e. The molecule has 146 valence electrons. The zero-order chi connectivity index (χ0) is 19.0. The lowest BCUT2D eigenvalue weighted by atomic mass is 10.1. The van der Waals surface area contributed by atoms with E-state index in [4.69, 9.17) is 9.47 Å². The Labute approximate surface area is 162 Å². The number of nitrogens with one attached hydrogen (secondary N) is 2. The maximum atomic E-state index is 6.07. The molecule has 6 heteroatoms. The molecule has 1 saturated heterocycles. The molecule has 1 aliphatic rings. The van der Waals surface area contributed by atoms with Crippen LogP contribution in [0.2, 0.25) is 0 Å². The normalized spacial score (nSPS) is 18.0. The van der Waals surface area contributed by atoms with Crippen molar-refractivity contribution < 1.29 is 9.47 Å². The van der Waals surface area contributed by atoms with E-state index in [9.17, 15) is 0 Å². The first kappa shape index (κ1) is 20.9.